The zero-order chi connectivity index (χ0) is 20.5. The van der Waals surface area contributed by atoms with Crippen molar-refractivity contribution in [2.45, 2.75) is 30.4 Å². The van der Waals surface area contributed by atoms with Crippen molar-refractivity contribution in [1.29, 1.82) is 0 Å². The summed E-state index contributed by atoms with van der Waals surface area (Å²) in [5.74, 6) is -0.869. The van der Waals surface area contributed by atoms with E-state index in [-0.39, 0.29) is 18.2 Å². The van der Waals surface area contributed by atoms with Gasteiger partial charge in [0.25, 0.3) is 11.6 Å². The molecule has 0 aliphatic rings. The van der Waals surface area contributed by atoms with Gasteiger partial charge in [0, 0.05) is 23.6 Å². The van der Waals surface area contributed by atoms with Gasteiger partial charge in [0.1, 0.15) is 5.25 Å². The van der Waals surface area contributed by atoms with Gasteiger partial charge in [-0.3, -0.25) is 19.7 Å². The molecule has 7 nitrogen and oxygen atoms in total. The molecule has 0 saturated heterocycles. The smallest absolute Gasteiger partial charge is 0.319 e. The number of esters is 1. The van der Waals surface area contributed by atoms with Crippen LogP contribution in [0.15, 0.2) is 53.4 Å². The Balaban J connectivity index is 1.70. The van der Waals surface area contributed by atoms with E-state index in [0.717, 1.165) is 5.56 Å². The highest BCUT2D eigenvalue weighted by molar-refractivity contribution is 8.00. The lowest BCUT2D eigenvalue weighted by Crippen LogP contribution is -2.31. The monoisotopic (exact) mass is 402 g/mol. The quantitative estimate of drug-likeness (QED) is 0.299. The Morgan fingerprint density at radius 3 is 2.50 bits per heavy atom. The third-order valence-corrected chi connectivity index (χ3v) is 5.11. The van der Waals surface area contributed by atoms with Gasteiger partial charge in [-0.25, -0.2) is 0 Å². The van der Waals surface area contributed by atoms with Crippen LogP contribution in [0.25, 0.3) is 0 Å². The minimum Gasteiger partial charge on any atom is -0.455 e. The van der Waals surface area contributed by atoms with E-state index in [4.69, 9.17) is 4.74 Å². The first kappa shape index (κ1) is 21.4. The minimum absolute atomic E-state index is 0.0121. The summed E-state index contributed by atoms with van der Waals surface area (Å²) in [5, 5.41) is 12.8. The summed E-state index contributed by atoms with van der Waals surface area (Å²) in [4.78, 5) is 34.8. The average Bonchev–Trinajstić information content (AvgIpc) is 2.68. The summed E-state index contributed by atoms with van der Waals surface area (Å²) in [5.41, 5.74) is 2.31. The number of rotatable bonds is 9. The molecule has 0 fully saturated rings. The first-order valence-corrected chi connectivity index (χ1v) is 9.63. The predicted octanol–water partition coefficient (Wildman–Crippen LogP) is 3.29. The molecule has 0 spiro atoms. The Labute approximate surface area is 167 Å². The average molecular weight is 402 g/mol. The molecule has 0 bridgehead atoms. The van der Waals surface area contributed by atoms with Crippen LogP contribution in [0.3, 0.4) is 0 Å². The molecule has 0 aromatic heterocycles. The second-order valence-corrected chi connectivity index (χ2v) is 7.56. The number of nitro benzene ring substituents is 1. The van der Waals surface area contributed by atoms with E-state index in [2.05, 4.69) is 5.32 Å². The molecular formula is C20H22N2O5S. The van der Waals surface area contributed by atoms with Crippen LogP contribution < -0.4 is 5.32 Å². The fraction of sp³-hybridized carbons (Fsp3) is 0.300. The van der Waals surface area contributed by atoms with Gasteiger partial charge < -0.3 is 10.1 Å². The van der Waals surface area contributed by atoms with Gasteiger partial charge in [0.05, 0.1) is 4.92 Å². The Morgan fingerprint density at radius 2 is 1.86 bits per heavy atom. The first-order chi connectivity index (χ1) is 13.4. The van der Waals surface area contributed by atoms with E-state index in [1.54, 1.807) is 19.1 Å². The Kier molecular flexibility index (Phi) is 8.01. The number of ether oxygens (including phenoxy) is 1. The van der Waals surface area contributed by atoms with E-state index < -0.39 is 16.1 Å². The van der Waals surface area contributed by atoms with Crippen molar-refractivity contribution in [2.75, 3.05) is 13.2 Å². The topological polar surface area (TPSA) is 98.5 Å². The molecule has 0 saturated carbocycles. The summed E-state index contributed by atoms with van der Waals surface area (Å²) in [7, 11) is 0. The van der Waals surface area contributed by atoms with Crippen LogP contribution in [0.5, 0.6) is 0 Å². The van der Waals surface area contributed by atoms with Crippen LogP contribution in [0.2, 0.25) is 0 Å². The molecule has 0 unspecified atom stereocenters. The number of carbonyl (C=O) groups is 2. The summed E-state index contributed by atoms with van der Waals surface area (Å²) in [6, 6.07) is 13.9. The van der Waals surface area contributed by atoms with E-state index in [1.165, 1.54) is 29.5 Å². The van der Waals surface area contributed by atoms with Gasteiger partial charge in [-0.05, 0) is 43.5 Å². The molecule has 1 atom stereocenters. The SMILES string of the molecule is Cc1ccccc1CCNC(=O)COC(=O)[C@H](C)Sc1ccc([N+](=O)[O-])cc1. The van der Waals surface area contributed by atoms with Crippen LogP contribution in [-0.2, 0) is 20.7 Å². The zero-order valence-electron chi connectivity index (χ0n) is 15.7. The highest BCUT2D eigenvalue weighted by Gasteiger charge is 2.18. The standard InChI is InChI=1S/C20H22N2O5S/c1-14-5-3-4-6-16(14)11-12-21-19(23)13-27-20(24)15(2)28-18-9-7-17(8-10-18)22(25)26/h3-10,15H,11-13H2,1-2H3,(H,21,23)/t15-/m0/s1. The third-order valence-electron chi connectivity index (χ3n) is 4.02. The molecular weight excluding hydrogens is 380 g/mol. The van der Waals surface area contributed by atoms with Crippen molar-refractivity contribution >= 4 is 29.3 Å². The second kappa shape index (κ2) is 10.5. The van der Waals surface area contributed by atoms with Crippen molar-refractivity contribution in [3.8, 4) is 0 Å². The van der Waals surface area contributed by atoms with Gasteiger partial charge in [-0.2, -0.15) is 0 Å². The maximum Gasteiger partial charge on any atom is 0.319 e. The van der Waals surface area contributed by atoms with E-state index in [0.29, 0.717) is 17.9 Å². The molecule has 148 valence electrons. The minimum atomic E-state index is -0.541. The van der Waals surface area contributed by atoms with E-state index in [1.807, 2.05) is 31.2 Å². The Bertz CT molecular complexity index is 839. The van der Waals surface area contributed by atoms with Crippen molar-refractivity contribution < 1.29 is 19.2 Å². The van der Waals surface area contributed by atoms with Gasteiger partial charge in [-0.1, -0.05) is 24.3 Å². The number of hydrogen-bond acceptors (Lipinski definition) is 6. The van der Waals surface area contributed by atoms with Crippen LogP contribution in [0.4, 0.5) is 5.69 Å². The highest BCUT2D eigenvalue weighted by atomic mass is 32.2. The fourth-order valence-electron chi connectivity index (χ4n) is 2.43. The summed E-state index contributed by atoms with van der Waals surface area (Å²) in [6.07, 6.45) is 0.707. The summed E-state index contributed by atoms with van der Waals surface area (Å²) in [6.45, 7) is 3.81. The van der Waals surface area contributed by atoms with Crippen LogP contribution in [0, 0.1) is 17.0 Å². The lowest BCUT2D eigenvalue weighted by atomic mass is 10.1. The first-order valence-electron chi connectivity index (χ1n) is 8.76. The molecule has 0 heterocycles. The maximum absolute atomic E-state index is 12.0. The maximum atomic E-state index is 12.0. The number of nitro groups is 1. The normalized spacial score (nSPS) is 11.5. The van der Waals surface area contributed by atoms with Crippen molar-refractivity contribution in [3.05, 3.63) is 69.8 Å². The Hall–Kier alpha value is -2.87. The van der Waals surface area contributed by atoms with Crippen LogP contribution in [-0.4, -0.2) is 35.2 Å². The number of nitrogens with zero attached hydrogens (tertiary/aromatic N) is 1. The Morgan fingerprint density at radius 1 is 1.18 bits per heavy atom. The summed E-state index contributed by atoms with van der Waals surface area (Å²) < 4.78 is 5.05. The molecule has 2 aromatic carbocycles. The molecule has 1 amide bonds. The molecule has 2 aromatic rings. The van der Waals surface area contributed by atoms with E-state index >= 15 is 0 Å². The van der Waals surface area contributed by atoms with Gasteiger partial charge in [0.15, 0.2) is 6.61 Å². The number of aryl methyl sites for hydroxylation is 1. The van der Waals surface area contributed by atoms with Crippen molar-refractivity contribution in [2.24, 2.45) is 0 Å². The zero-order valence-corrected chi connectivity index (χ0v) is 16.5. The molecule has 8 heteroatoms. The van der Waals surface area contributed by atoms with Crippen molar-refractivity contribution in [3.63, 3.8) is 0 Å². The third kappa shape index (κ3) is 6.70. The number of nitrogens with one attached hydrogen (secondary N) is 1. The lowest BCUT2D eigenvalue weighted by molar-refractivity contribution is -0.384. The largest absolute Gasteiger partial charge is 0.455 e. The number of carbonyl (C=O) groups excluding carboxylic acids is 2. The van der Waals surface area contributed by atoms with Gasteiger partial charge >= 0.3 is 5.97 Å². The van der Waals surface area contributed by atoms with E-state index in [9.17, 15) is 19.7 Å². The number of non-ortho nitro benzene ring substituents is 1. The number of amides is 1. The predicted molar refractivity (Wildman–Crippen MR) is 107 cm³/mol. The fourth-order valence-corrected chi connectivity index (χ4v) is 3.30. The lowest BCUT2D eigenvalue weighted by Gasteiger charge is -2.11. The molecule has 28 heavy (non-hydrogen) atoms. The van der Waals surface area contributed by atoms with Crippen molar-refractivity contribution in [1.82, 2.24) is 5.32 Å². The second-order valence-electron chi connectivity index (χ2n) is 6.15. The van der Waals surface area contributed by atoms with Crippen LogP contribution in [0.1, 0.15) is 18.1 Å². The number of benzene rings is 2. The molecule has 0 aliphatic heterocycles. The number of hydrogen-bond donors (Lipinski definition) is 1. The summed E-state index contributed by atoms with van der Waals surface area (Å²) >= 11 is 1.21. The molecule has 0 radical (unpaired) electrons. The van der Waals surface area contributed by atoms with Crippen LogP contribution >= 0.6 is 11.8 Å². The van der Waals surface area contributed by atoms with Gasteiger partial charge in [-0.15, -0.1) is 11.8 Å². The molecule has 2 rings (SSSR count). The highest BCUT2D eigenvalue weighted by Crippen LogP contribution is 2.25. The number of thioether (sulfide) groups is 1. The molecule has 0 aliphatic carbocycles. The molecule has 1 N–H and O–H groups in total. The van der Waals surface area contributed by atoms with Gasteiger partial charge in [0.2, 0.25) is 0 Å².